The summed E-state index contributed by atoms with van der Waals surface area (Å²) in [6, 6.07) is 4.62. The lowest BCUT2D eigenvalue weighted by atomic mass is 10.1. The van der Waals surface area contributed by atoms with Crippen LogP contribution in [-0.4, -0.2) is 50.1 Å². The zero-order valence-corrected chi connectivity index (χ0v) is 12.5. The number of carbonyl (C=O) groups is 2. The van der Waals surface area contributed by atoms with Crippen molar-refractivity contribution in [2.75, 3.05) is 27.3 Å². The van der Waals surface area contributed by atoms with Crippen molar-refractivity contribution in [2.45, 2.75) is 19.4 Å². The molecule has 1 saturated heterocycles. The SMILES string of the molecule is CCC1C(=O)NCCN1C(=O)c1cc(OC)ccc1OC. The Bertz CT molecular complexity index is 544. The van der Waals surface area contributed by atoms with Crippen LogP contribution in [0.2, 0.25) is 0 Å². The molecule has 0 aromatic heterocycles. The zero-order chi connectivity index (χ0) is 15.4. The van der Waals surface area contributed by atoms with Crippen LogP contribution in [-0.2, 0) is 4.79 Å². The van der Waals surface area contributed by atoms with Crippen molar-refractivity contribution in [3.63, 3.8) is 0 Å². The van der Waals surface area contributed by atoms with E-state index in [0.29, 0.717) is 36.6 Å². The molecule has 2 rings (SSSR count). The van der Waals surface area contributed by atoms with E-state index in [-0.39, 0.29) is 11.8 Å². The molecule has 1 unspecified atom stereocenters. The van der Waals surface area contributed by atoms with Crippen LogP contribution in [0.4, 0.5) is 0 Å². The van der Waals surface area contributed by atoms with Crippen LogP contribution in [0.1, 0.15) is 23.7 Å². The molecule has 6 nitrogen and oxygen atoms in total. The number of amides is 2. The van der Waals surface area contributed by atoms with Crippen molar-refractivity contribution >= 4 is 11.8 Å². The standard InChI is InChI=1S/C15H20N2O4/c1-4-12-14(18)16-7-8-17(12)15(19)11-9-10(20-2)5-6-13(11)21-3/h5-6,9,12H,4,7-8H2,1-3H3,(H,16,18). The molecule has 114 valence electrons. The lowest BCUT2D eigenvalue weighted by Crippen LogP contribution is -2.56. The van der Waals surface area contributed by atoms with Crippen molar-refractivity contribution in [3.8, 4) is 11.5 Å². The summed E-state index contributed by atoms with van der Waals surface area (Å²) in [6.07, 6.45) is 0.573. The molecule has 1 heterocycles. The van der Waals surface area contributed by atoms with Crippen molar-refractivity contribution in [1.29, 1.82) is 0 Å². The van der Waals surface area contributed by atoms with Gasteiger partial charge in [0.25, 0.3) is 5.91 Å². The zero-order valence-electron chi connectivity index (χ0n) is 12.5. The lowest BCUT2D eigenvalue weighted by molar-refractivity contribution is -0.127. The van der Waals surface area contributed by atoms with Crippen molar-refractivity contribution in [3.05, 3.63) is 23.8 Å². The van der Waals surface area contributed by atoms with Crippen LogP contribution in [0, 0.1) is 0 Å². The number of rotatable bonds is 4. The highest BCUT2D eigenvalue weighted by molar-refractivity contribution is 6.00. The number of benzene rings is 1. The Morgan fingerprint density at radius 2 is 2.14 bits per heavy atom. The number of carbonyl (C=O) groups excluding carboxylic acids is 2. The fraction of sp³-hybridized carbons (Fsp3) is 0.467. The molecule has 2 amide bonds. The molecule has 1 fully saturated rings. The predicted octanol–water partition coefficient (Wildman–Crippen LogP) is 1.05. The van der Waals surface area contributed by atoms with E-state index in [0.717, 1.165) is 0 Å². The first-order valence-corrected chi connectivity index (χ1v) is 6.93. The smallest absolute Gasteiger partial charge is 0.258 e. The van der Waals surface area contributed by atoms with Crippen LogP contribution in [0.15, 0.2) is 18.2 Å². The molecular formula is C15H20N2O4. The fourth-order valence-corrected chi connectivity index (χ4v) is 2.50. The van der Waals surface area contributed by atoms with E-state index in [4.69, 9.17) is 9.47 Å². The number of ether oxygens (including phenoxy) is 2. The molecule has 0 aliphatic carbocycles. The molecule has 1 aliphatic rings. The Hall–Kier alpha value is -2.24. The quantitative estimate of drug-likeness (QED) is 0.901. The summed E-state index contributed by atoms with van der Waals surface area (Å²) in [6.45, 7) is 2.84. The van der Waals surface area contributed by atoms with E-state index >= 15 is 0 Å². The monoisotopic (exact) mass is 292 g/mol. The molecule has 1 aromatic carbocycles. The summed E-state index contributed by atoms with van der Waals surface area (Å²) in [7, 11) is 3.05. The molecule has 0 saturated carbocycles. The van der Waals surface area contributed by atoms with Gasteiger partial charge in [-0.25, -0.2) is 0 Å². The first-order valence-electron chi connectivity index (χ1n) is 6.93. The highest BCUT2D eigenvalue weighted by Gasteiger charge is 2.33. The Kier molecular flexibility index (Phi) is 4.67. The highest BCUT2D eigenvalue weighted by Crippen LogP contribution is 2.26. The van der Waals surface area contributed by atoms with Gasteiger partial charge in [0.15, 0.2) is 0 Å². The van der Waals surface area contributed by atoms with E-state index in [1.807, 2.05) is 6.92 Å². The maximum atomic E-state index is 12.8. The molecule has 1 aliphatic heterocycles. The fourth-order valence-electron chi connectivity index (χ4n) is 2.50. The summed E-state index contributed by atoms with van der Waals surface area (Å²) in [5.74, 6) is 0.724. The summed E-state index contributed by atoms with van der Waals surface area (Å²) >= 11 is 0. The molecule has 6 heteroatoms. The normalized spacial score (nSPS) is 18.1. The van der Waals surface area contributed by atoms with Gasteiger partial charge in [-0.1, -0.05) is 6.92 Å². The Morgan fingerprint density at radius 1 is 1.38 bits per heavy atom. The van der Waals surface area contributed by atoms with Crippen molar-refractivity contribution in [1.82, 2.24) is 10.2 Å². The minimum Gasteiger partial charge on any atom is -0.497 e. The van der Waals surface area contributed by atoms with Crippen LogP contribution in [0.25, 0.3) is 0 Å². The first-order chi connectivity index (χ1) is 10.1. The van der Waals surface area contributed by atoms with Gasteiger partial charge in [0, 0.05) is 13.1 Å². The Morgan fingerprint density at radius 3 is 2.76 bits per heavy atom. The van der Waals surface area contributed by atoms with E-state index < -0.39 is 6.04 Å². The summed E-state index contributed by atoms with van der Waals surface area (Å²) < 4.78 is 10.4. The number of hydrogen-bond acceptors (Lipinski definition) is 4. The minimum absolute atomic E-state index is 0.112. The lowest BCUT2D eigenvalue weighted by Gasteiger charge is -2.34. The summed E-state index contributed by atoms with van der Waals surface area (Å²) in [4.78, 5) is 26.3. The maximum Gasteiger partial charge on any atom is 0.258 e. The van der Waals surface area contributed by atoms with Gasteiger partial charge in [-0.3, -0.25) is 9.59 Å². The predicted molar refractivity (Wildman–Crippen MR) is 77.7 cm³/mol. The van der Waals surface area contributed by atoms with Gasteiger partial charge in [-0.15, -0.1) is 0 Å². The molecule has 0 spiro atoms. The second kappa shape index (κ2) is 6.47. The number of nitrogens with zero attached hydrogens (tertiary/aromatic N) is 1. The first kappa shape index (κ1) is 15.2. The van der Waals surface area contributed by atoms with Gasteiger partial charge in [0.05, 0.1) is 19.8 Å². The second-order valence-corrected chi connectivity index (χ2v) is 4.78. The third kappa shape index (κ3) is 2.94. The van der Waals surface area contributed by atoms with E-state index in [1.54, 1.807) is 30.2 Å². The summed E-state index contributed by atoms with van der Waals surface area (Å²) in [5, 5.41) is 2.78. The van der Waals surface area contributed by atoms with Gasteiger partial charge < -0.3 is 19.7 Å². The van der Waals surface area contributed by atoms with E-state index in [2.05, 4.69) is 5.32 Å². The molecule has 0 radical (unpaired) electrons. The molecular weight excluding hydrogens is 272 g/mol. The Balaban J connectivity index is 2.36. The number of nitrogens with one attached hydrogen (secondary N) is 1. The van der Waals surface area contributed by atoms with Gasteiger partial charge in [0.1, 0.15) is 17.5 Å². The van der Waals surface area contributed by atoms with E-state index in [1.165, 1.54) is 7.11 Å². The third-order valence-electron chi connectivity index (χ3n) is 3.62. The van der Waals surface area contributed by atoms with Crippen molar-refractivity contribution < 1.29 is 19.1 Å². The molecule has 0 bridgehead atoms. The highest BCUT2D eigenvalue weighted by atomic mass is 16.5. The van der Waals surface area contributed by atoms with Gasteiger partial charge in [-0.2, -0.15) is 0 Å². The van der Waals surface area contributed by atoms with E-state index in [9.17, 15) is 9.59 Å². The Labute approximate surface area is 124 Å². The number of methoxy groups -OCH3 is 2. The molecule has 21 heavy (non-hydrogen) atoms. The number of piperazine rings is 1. The van der Waals surface area contributed by atoms with Crippen LogP contribution >= 0.6 is 0 Å². The maximum absolute atomic E-state index is 12.8. The van der Waals surface area contributed by atoms with Crippen molar-refractivity contribution in [2.24, 2.45) is 0 Å². The topological polar surface area (TPSA) is 67.9 Å². The number of hydrogen-bond donors (Lipinski definition) is 1. The second-order valence-electron chi connectivity index (χ2n) is 4.78. The largest absolute Gasteiger partial charge is 0.497 e. The van der Waals surface area contributed by atoms with Crippen LogP contribution in [0.3, 0.4) is 0 Å². The summed E-state index contributed by atoms with van der Waals surface area (Å²) in [5.41, 5.74) is 0.407. The molecule has 1 aromatic rings. The molecule has 1 N–H and O–H groups in total. The molecule has 1 atom stereocenters. The van der Waals surface area contributed by atoms with Gasteiger partial charge in [-0.05, 0) is 24.6 Å². The van der Waals surface area contributed by atoms with Crippen LogP contribution in [0.5, 0.6) is 11.5 Å². The van der Waals surface area contributed by atoms with Gasteiger partial charge in [0.2, 0.25) is 5.91 Å². The van der Waals surface area contributed by atoms with Crippen LogP contribution < -0.4 is 14.8 Å². The third-order valence-corrected chi connectivity index (χ3v) is 3.62. The average Bonchev–Trinajstić information content (AvgIpc) is 2.53. The van der Waals surface area contributed by atoms with Gasteiger partial charge >= 0.3 is 0 Å². The minimum atomic E-state index is -0.442. The average molecular weight is 292 g/mol.